The van der Waals surface area contributed by atoms with Crippen LogP contribution in [-0.4, -0.2) is 80.2 Å². The number of carbonyl (C=O) groups excluding carboxylic acids is 2. The maximum absolute atomic E-state index is 11.4. The van der Waals surface area contributed by atoms with Crippen LogP contribution < -0.4 is 10.6 Å². The molecule has 2 rings (SSSR count). The van der Waals surface area contributed by atoms with Gasteiger partial charge in [-0.3, -0.25) is 29.0 Å². The van der Waals surface area contributed by atoms with Crippen LogP contribution in [0.15, 0.2) is 36.4 Å². The average molecular weight is 503 g/mol. The van der Waals surface area contributed by atoms with Crippen LogP contribution in [-0.2, 0) is 32.3 Å². The highest BCUT2D eigenvalue weighted by molar-refractivity contribution is 5.89. The molecule has 0 heterocycles. The van der Waals surface area contributed by atoms with Crippen molar-refractivity contribution < 1.29 is 39.6 Å². The number of nitrogens with zero attached hydrogens (tertiary/aromatic N) is 2. The number of carbonyl (C=O) groups is 4. The van der Waals surface area contributed by atoms with E-state index in [-0.39, 0.29) is 49.5 Å². The number of benzene rings is 2. The van der Waals surface area contributed by atoms with Crippen LogP contribution in [0.1, 0.15) is 25.0 Å². The van der Waals surface area contributed by atoms with Gasteiger partial charge in [-0.1, -0.05) is 0 Å². The Kier molecular flexibility index (Phi) is 10.2. The molecule has 12 nitrogen and oxygen atoms in total. The largest absolute Gasteiger partial charge is 0.508 e. The Morgan fingerprint density at radius 2 is 1.08 bits per heavy atom. The van der Waals surface area contributed by atoms with Gasteiger partial charge in [0.25, 0.3) is 0 Å². The molecule has 2 aromatic rings. The lowest BCUT2D eigenvalue weighted by Crippen LogP contribution is -2.40. The number of carboxylic acids is 2. The van der Waals surface area contributed by atoms with Gasteiger partial charge in [-0.15, -0.1) is 0 Å². The zero-order valence-corrected chi connectivity index (χ0v) is 20.0. The van der Waals surface area contributed by atoms with Crippen molar-refractivity contribution in [1.82, 2.24) is 9.80 Å². The maximum atomic E-state index is 11.4. The minimum absolute atomic E-state index is 0.0433. The summed E-state index contributed by atoms with van der Waals surface area (Å²) < 4.78 is 0. The van der Waals surface area contributed by atoms with Crippen LogP contribution in [0.4, 0.5) is 11.4 Å². The standard InChI is InChI=1S/C24H30N4O8/c1-15(29)25-19-3-5-21(31)17(9-19)11-27(7-8-28(13-23(33)34)14-24(35)36)12-18-10-20(26-16(2)30)4-6-22(18)32/h3-6,9-10,31-32H,7-8,11-14H2,1-2H3,(H,25,29)(H,26,30)(H,33,34)(H,35,36). The van der Waals surface area contributed by atoms with Gasteiger partial charge in [0, 0.05) is 62.5 Å². The third kappa shape index (κ3) is 9.60. The molecule has 0 aromatic heterocycles. The minimum atomic E-state index is -1.18. The third-order valence-corrected chi connectivity index (χ3v) is 5.04. The summed E-state index contributed by atoms with van der Waals surface area (Å²) >= 11 is 0. The number of amides is 2. The Morgan fingerprint density at radius 1 is 0.694 bits per heavy atom. The van der Waals surface area contributed by atoms with Gasteiger partial charge >= 0.3 is 11.9 Å². The highest BCUT2D eigenvalue weighted by atomic mass is 16.4. The lowest BCUT2D eigenvalue weighted by molar-refractivity contribution is -0.142. The summed E-state index contributed by atoms with van der Waals surface area (Å²) in [5, 5.41) is 44.3. The molecule has 0 saturated carbocycles. The topological polar surface area (TPSA) is 180 Å². The van der Waals surface area contributed by atoms with Gasteiger partial charge in [0.2, 0.25) is 11.8 Å². The summed E-state index contributed by atoms with van der Waals surface area (Å²) in [5.41, 5.74) is 1.82. The monoisotopic (exact) mass is 502 g/mol. The molecule has 194 valence electrons. The number of phenolic OH excluding ortho intramolecular Hbond substituents is 2. The van der Waals surface area contributed by atoms with Gasteiger partial charge in [-0.25, -0.2) is 0 Å². The summed E-state index contributed by atoms with van der Waals surface area (Å²) in [6, 6.07) is 9.10. The van der Waals surface area contributed by atoms with E-state index in [1.165, 1.54) is 43.0 Å². The van der Waals surface area contributed by atoms with Crippen molar-refractivity contribution in [2.24, 2.45) is 0 Å². The van der Waals surface area contributed by atoms with E-state index in [1.54, 1.807) is 17.0 Å². The number of aromatic hydroxyl groups is 2. The van der Waals surface area contributed by atoms with E-state index in [4.69, 9.17) is 10.2 Å². The van der Waals surface area contributed by atoms with E-state index < -0.39 is 25.0 Å². The summed E-state index contributed by atoms with van der Waals surface area (Å²) in [6.45, 7) is 2.23. The normalized spacial score (nSPS) is 10.9. The lowest BCUT2D eigenvalue weighted by Gasteiger charge is -2.27. The molecule has 6 N–H and O–H groups in total. The number of aliphatic carboxylic acids is 2. The number of carboxylic acid groups (broad SMARTS) is 2. The average Bonchev–Trinajstić information content (AvgIpc) is 2.75. The predicted molar refractivity (Wildman–Crippen MR) is 131 cm³/mol. The first-order valence-corrected chi connectivity index (χ1v) is 11.0. The van der Waals surface area contributed by atoms with Gasteiger partial charge in [-0.05, 0) is 36.4 Å². The van der Waals surface area contributed by atoms with Crippen molar-refractivity contribution in [3.8, 4) is 11.5 Å². The molecule has 2 aromatic carbocycles. The summed E-state index contributed by atoms with van der Waals surface area (Å²) in [4.78, 5) is 48.2. The fourth-order valence-corrected chi connectivity index (χ4v) is 3.56. The second-order valence-electron chi connectivity index (χ2n) is 8.26. The van der Waals surface area contributed by atoms with Crippen molar-refractivity contribution in [1.29, 1.82) is 0 Å². The first kappa shape index (κ1) is 28.1. The molecule has 0 aliphatic carbocycles. The lowest BCUT2D eigenvalue weighted by atomic mass is 10.1. The molecule has 0 unspecified atom stereocenters. The van der Waals surface area contributed by atoms with Crippen molar-refractivity contribution in [2.45, 2.75) is 26.9 Å². The number of anilines is 2. The molecular weight excluding hydrogens is 472 g/mol. The first-order chi connectivity index (χ1) is 16.9. The molecule has 0 spiro atoms. The molecule has 0 saturated heterocycles. The molecule has 12 heteroatoms. The number of phenols is 2. The van der Waals surface area contributed by atoms with Gasteiger partial charge in [-0.2, -0.15) is 0 Å². The van der Waals surface area contributed by atoms with Gasteiger partial charge in [0.05, 0.1) is 13.1 Å². The van der Waals surface area contributed by atoms with Gasteiger partial charge < -0.3 is 31.1 Å². The highest BCUT2D eigenvalue weighted by Gasteiger charge is 2.18. The van der Waals surface area contributed by atoms with E-state index in [2.05, 4.69) is 10.6 Å². The molecule has 36 heavy (non-hydrogen) atoms. The molecule has 0 aliphatic rings. The van der Waals surface area contributed by atoms with Crippen molar-refractivity contribution in [2.75, 3.05) is 36.8 Å². The third-order valence-electron chi connectivity index (χ3n) is 5.04. The van der Waals surface area contributed by atoms with Crippen LogP contribution >= 0.6 is 0 Å². The van der Waals surface area contributed by atoms with Crippen LogP contribution in [0.5, 0.6) is 11.5 Å². The molecule has 0 radical (unpaired) electrons. The van der Waals surface area contributed by atoms with Crippen LogP contribution in [0.3, 0.4) is 0 Å². The van der Waals surface area contributed by atoms with E-state index in [0.29, 0.717) is 22.5 Å². The highest BCUT2D eigenvalue weighted by Crippen LogP contribution is 2.27. The second kappa shape index (κ2) is 13.1. The van der Waals surface area contributed by atoms with Crippen LogP contribution in [0.2, 0.25) is 0 Å². The number of rotatable bonds is 13. The predicted octanol–water partition coefficient (Wildman–Crippen LogP) is 1.49. The van der Waals surface area contributed by atoms with Gasteiger partial charge in [0.1, 0.15) is 11.5 Å². The smallest absolute Gasteiger partial charge is 0.317 e. The van der Waals surface area contributed by atoms with E-state index in [9.17, 15) is 29.4 Å². The Balaban J connectivity index is 2.34. The molecule has 0 fully saturated rings. The Labute approximate surface area is 207 Å². The molecule has 0 bridgehead atoms. The number of hydrogen-bond donors (Lipinski definition) is 6. The fourth-order valence-electron chi connectivity index (χ4n) is 3.56. The second-order valence-corrected chi connectivity index (χ2v) is 8.26. The summed E-state index contributed by atoms with van der Waals surface area (Å²) in [7, 11) is 0. The fraction of sp³-hybridized carbons (Fsp3) is 0.333. The Bertz CT molecular complexity index is 1040. The van der Waals surface area contributed by atoms with Crippen molar-refractivity contribution >= 4 is 35.1 Å². The SMILES string of the molecule is CC(=O)Nc1ccc(O)c(CN(CCN(CC(=O)O)CC(=O)O)Cc2cc(NC(C)=O)ccc2O)c1. The molecule has 0 aliphatic heterocycles. The zero-order chi connectivity index (χ0) is 26.8. The van der Waals surface area contributed by atoms with Gasteiger partial charge in [0.15, 0.2) is 0 Å². The number of hydrogen-bond acceptors (Lipinski definition) is 8. The summed E-state index contributed by atoms with van der Waals surface area (Å²) in [6.07, 6.45) is 0. The molecular formula is C24H30N4O8. The zero-order valence-electron chi connectivity index (χ0n) is 20.0. The maximum Gasteiger partial charge on any atom is 0.317 e. The van der Waals surface area contributed by atoms with E-state index in [1.807, 2.05) is 0 Å². The minimum Gasteiger partial charge on any atom is -0.508 e. The van der Waals surface area contributed by atoms with Crippen LogP contribution in [0, 0.1) is 0 Å². The summed E-state index contributed by atoms with van der Waals surface area (Å²) in [5.74, 6) is -3.02. The van der Waals surface area contributed by atoms with E-state index in [0.717, 1.165) is 0 Å². The van der Waals surface area contributed by atoms with Crippen molar-refractivity contribution in [3.63, 3.8) is 0 Å². The Morgan fingerprint density at radius 3 is 1.44 bits per heavy atom. The quantitative estimate of drug-likeness (QED) is 0.220. The number of nitrogens with one attached hydrogen (secondary N) is 2. The molecule has 2 amide bonds. The Hall–Kier alpha value is -4.16. The van der Waals surface area contributed by atoms with E-state index >= 15 is 0 Å². The van der Waals surface area contributed by atoms with Crippen molar-refractivity contribution in [3.05, 3.63) is 47.5 Å². The first-order valence-electron chi connectivity index (χ1n) is 11.0. The van der Waals surface area contributed by atoms with Crippen LogP contribution in [0.25, 0.3) is 0 Å². The molecule has 0 atom stereocenters.